The lowest BCUT2D eigenvalue weighted by molar-refractivity contribution is 0.00186. The fourth-order valence-electron chi connectivity index (χ4n) is 1.48. The van der Waals surface area contributed by atoms with Gasteiger partial charge in [0.15, 0.2) is 0 Å². The molecule has 0 bridgehead atoms. The van der Waals surface area contributed by atoms with Crippen LogP contribution in [0.1, 0.15) is 40.0 Å². The van der Waals surface area contributed by atoms with Crippen molar-refractivity contribution in [2.75, 3.05) is 13.1 Å². The maximum Gasteiger partial charge on any atom is 0.517 e. The first kappa shape index (κ1) is 12.8. The average molecular weight is 229 g/mol. The number of nitrogens with zero attached hydrogens (tertiary/aromatic N) is 1. The Morgan fingerprint density at radius 2 is 1.62 bits per heavy atom. The molecule has 0 spiro atoms. The Labute approximate surface area is 95.7 Å². The lowest BCUT2D eigenvalue weighted by Crippen LogP contribution is -2.38. The highest BCUT2D eigenvalue weighted by Gasteiger charge is 2.24. The number of rotatable bonds is 0. The van der Waals surface area contributed by atoms with Crippen molar-refractivity contribution in [1.29, 1.82) is 0 Å². The monoisotopic (exact) mass is 229 g/mol. The molecule has 0 unspecified atom stereocenters. The fraction of sp³-hybridized carbons (Fsp3) is 0.818. The average Bonchev–Trinajstić information content (AvgIpc) is 2.16. The largest absolute Gasteiger partial charge is 0.517 e. The molecule has 0 N–H and O–H groups in total. The molecule has 0 saturated carbocycles. The van der Waals surface area contributed by atoms with E-state index in [4.69, 9.17) is 4.74 Å². The fourth-order valence-corrected chi connectivity index (χ4v) is 1.48. The molecule has 0 aromatic heterocycles. The third-order valence-electron chi connectivity index (χ3n) is 2.17. The molecule has 0 aliphatic carbocycles. The zero-order valence-corrected chi connectivity index (χ0v) is 10.1. The van der Waals surface area contributed by atoms with Crippen LogP contribution in [-0.2, 0) is 9.47 Å². The van der Waals surface area contributed by atoms with Crippen molar-refractivity contribution >= 4 is 12.2 Å². The number of carbonyl (C=O) groups excluding carboxylic acids is 2. The van der Waals surface area contributed by atoms with Gasteiger partial charge in [0.05, 0.1) is 0 Å². The minimum atomic E-state index is -0.928. The molecule has 1 rings (SSSR count). The molecule has 0 radical (unpaired) electrons. The Kier molecular flexibility index (Phi) is 4.15. The highest BCUT2D eigenvalue weighted by Crippen LogP contribution is 2.12. The van der Waals surface area contributed by atoms with Crippen LogP contribution in [0.2, 0.25) is 0 Å². The first-order chi connectivity index (χ1) is 7.38. The number of hydrogen-bond acceptors (Lipinski definition) is 4. The molecule has 1 heterocycles. The Morgan fingerprint density at radius 1 is 1.06 bits per heavy atom. The standard InChI is InChI=1S/C11H19NO4/c1-11(2,3)16-10(14)15-9(13)12-7-5-4-6-8-12/h4-8H2,1-3H3. The molecule has 1 aliphatic rings. The molecule has 1 aliphatic heterocycles. The van der Waals surface area contributed by atoms with Gasteiger partial charge in [-0.05, 0) is 40.0 Å². The third-order valence-corrected chi connectivity index (χ3v) is 2.17. The van der Waals surface area contributed by atoms with E-state index in [-0.39, 0.29) is 0 Å². The van der Waals surface area contributed by atoms with E-state index in [9.17, 15) is 9.59 Å². The van der Waals surface area contributed by atoms with Crippen molar-refractivity contribution in [2.45, 2.75) is 45.6 Å². The van der Waals surface area contributed by atoms with Crippen LogP contribution in [0.3, 0.4) is 0 Å². The highest BCUT2D eigenvalue weighted by atomic mass is 16.8. The number of piperidine rings is 1. The number of ether oxygens (including phenoxy) is 2. The van der Waals surface area contributed by atoms with Crippen molar-refractivity contribution in [1.82, 2.24) is 4.90 Å². The molecular formula is C11H19NO4. The van der Waals surface area contributed by atoms with E-state index in [1.807, 2.05) is 0 Å². The summed E-state index contributed by atoms with van der Waals surface area (Å²) in [5, 5.41) is 0. The summed E-state index contributed by atoms with van der Waals surface area (Å²) in [6.45, 7) is 6.47. The van der Waals surface area contributed by atoms with Gasteiger partial charge < -0.3 is 14.4 Å². The number of likely N-dealkylation sites (tertiary alicyclic amines) is 1. The van der Waals surface area contributed by atoms with E-state index in [1.54, 1.807) is 20.8 Å². The molecule has 5 nitrogen and oxygen atoms in total. The van der Waals surface area contributed by atoms with E-state index >= 15 is 0 Å². The van der Waals surface area contributed by atoms with Crippen LogP contribution < -0.4 is 0 Å². The summed E-state index contributed by atoms with van der Waals surface area (Å²) in [4.78, 5) is 24.3. The second kappa shape index (κ2) is 5.18. The predicted molar refractivity (Wildman–Crippen MR) is 58.1 cm³/mol. The van der Waals surface area contributed by atoms with Crippen LogP contribution in [0.4, 0.5) is 9.59 Å². The van der Waals surface area contributed by atoms with Crippen molar-refractivity contribution < 1.29 is 19.1 Å². The third kappa shape index (κ3) is 4.51. The predicted octanol–water partition coefficient (Wildman–Crippen LogP) is 2.54. The molecule has 92 valence electrons. The number of hydrogen-bond donors (Lipinski definition) is 0. The van der Waals surface area contributed by atoms with Crippen LogP contribution in [0, 0.1) is 0 Å². The van der Waals surface area contributed by atoms with Crippen LogP contribution >= 0.6 is 0 Å². The lowest BCUT2D eigenvalue weighted by Gasteiger charge is -2.26. The van der Waals surface area contributed by atoms with E-state index in [1.165, 1.54) is 4.90 Å². The topological polar surface area (TPSA) is 55.8 Å². The highest BCUT2D eigenvalue weighted by molar-refractivity contribution is 5.80. The molecule has 1 fully saturated rings. The SMILES string of the molecule is CC(C)(C)OC(=O)OC(=O)N1CCCCC1. The van der Waals surface area contributed by atoms with Gasteiger partial charge in [-0.2, -0.15) is 0 Å². The summed E-state index contributed by atoms with van der Waals surface area (Å²) < 4.78 is 9.48. The van der Waals surface area contributed by atoms with Gasteiger partial charge in [-0.1, -0.05) is 0 Å². The van der Waals surface area contributed by atoms with Gasteiger partial charge in [-0.15, -0.1) is 0 Å². The first-order valence-corrected chi connectivity index (χ1v) is 5.58. The van der Waals surface area contributed by atoms with Gasteiger partial charge >= 0.3 is 12.2 Å². The first-order valence-electron chi connectivity index (χ1n) is 5.58. The minimum absolute atomic E-state index is 0.603. The molecule has 0 aromatic carbocycles. The van der Waals surface area contributed by atoms with Crippen molar-refractivity contribution in [3.8, 4) is 0 Å². The maximum atomic E-state index is 11.5. The van der Waals surface area contributed by atoms with Gasteiger partial charge in [0.25, 0.3) is 0 Å². The second-order valence-corrected chi connectivity index (χ2v) is 4.88. The van der Waals surface area contributed by atoms with Crippen LogP contribution in [0.25, 0.3) is 0 Å². The van der Waals surface area contributed by atoms with Gasteiger partial charge in [-0.25, -0.2) is 9.59 Å². The number of carbonyl (C=O) groups is 2. The number of amides is 1. The molecule has 0 aromatic rings. The van der Waals surface area contributed by atoms with Crippen molar-refractivity contribution in [2.24, 2.45) is 0 Å². The van der Waals surface area contributed by atoms with Gasteiger partial charge in [0, 0.05) is 13.1 Å². The Morgan fingerprint density at radius 3 is 2.12 bits per heavy atom. The van der Waals surface area contributed by atoms with E-state index in [0.717, 1.165) is 19.3 Å². The Hall–Kier alpha value is -1.26. The summed E-state index contributed by atoms with van der Waals surface area (Å²) in [5.74, 6) is 0. The van der Waals surface area contributed by atoms with Crippen LogP contribution in [0.15, 0.2) is 0 Å². The summed E-state index contributed by atoms with van der Waals surface area (Å²) in [6.07, 6.45) is 1.51. The van der Waals surface area contributed by atoms with E-state index in [0.29, 0.717) is 13.1 Å². The van der Waals surface area contributed by atoms with Gasteiger partial charge in [-0.3, -0.25) is 0 Å². The van der Waals surface area contributed by atoms with Gasteiger partial charge in [0.2, 0.25) is 0 Å². The van der Waals surface area contributed by atoms with Crippen molar-refractivity contribution in [3.05, 3.63) is 0 Å². The normalized spacial score (nSPS) is 16.8. The van der Waals surface area contributed by atoms with E-state index in [2.05, 4.69) is 4.74 Å². The van der Waals surface area contributed by atoms with Crippen LogP contribution in [-0.4, -0.2) is 35.8 Å². The quantitative estimate of drug-likeness (QED) is 0.473. The van der Waals surface area contributed by atoms with Crippen LogP contribution in [0.5, 0.6) is 0 Å². The second-order valence-electron chi connectivity index (χ2n) is 4.88. The maximum absolute atomic E-state index is 11.5. The minimum Gasteiger partial charge on any atom is -0.428 e. The lowest BCUT2D eigenvalue weighted by atomic mass is 10.1. The Bertz CT molecular complexity index is 264. The smallest absolute Gasteiger partial charge is 0.428 e. The molecular weight excluding hydrogens is 210 g/mol. The summed E-state index contributed by atoms with van der Waals surface area (Å²) in [6, 6.07) is 0. The molecule has 1 amide bonds. The van der Waals surface area contributed by atoms with Crippen molar-refractivity contribution in [3.63, 3.8) is 0 Å². The zero-order chi connectivity index (χ0) is 12.2. The zero-order valence-electron chi connectivity index (χ0n) is 10.1. The summed E-state index contributed by atoms with van der Waals surface area (Å²) >= 11 is 0. The molecule has 0 atom stereocenters. The Balaban J connectivity index is 2.35. The van der Waals surface area contributed by atoms with Gasteiger partial charge in [0.1, 0.15) is 5.60 Å². The summed E-state index contributed by atoms with van der Waals surface area (Å²) in [5.41, 5.74) is -0.640. The molecule has 1 saturated heterocycles. The molecule has 16 heavy (non-hydrogen) atoms. The summed E-state index contributed by atoms with van der Waals surface area (Å²) in [7, 11) is 0. The van der Waals surface area contributed by atoms with E-state index < -0.39 is 17.8 Å². The molecule has 5 heteroatoms.